The van der Waals surface area contributed by atoms with Gasteiger partial charge in [-0.05, 0) is 6.92 Å². The Labute approximate surface area is 66.6 Å². The lowest BCUT2D eigenvalue weighted by Gasteiger charge is -2.46. The zero-order valence-corrected chi connectivity index (χ0v) is 6.82. The Hall–Kier alpha value is -0.160. The van der Waals surface area contributed by atoms with Gasteiger partial charge in [0, 0.05) is 25.2 Å². The first-order valence-corrected chi connectivity index (χ1v) is 3.84. The zero-order valence-electron chi connectivity index (χ0n) is 6.82. The largest absolute Gasteiger partial charge is 0.394 e. The van der Waals surface area contributed by atoms with Gasteiger partial charge in [0.05, 0.1) is 12.7 Å². The van der Waals surface area contributed by atoms with E-state index in [9.17, 15) is 0 Å². The van der Waals surface area contributed by atoms with E-state index in [0.717, 1.165) is 13.1 Å². The molecule has 0 bridgehead atoms. The molecule has 1 aliphatic heterocycles. The molecule has 4 nitrogen and oxygen atoms in total. The minimum Gasteiger partial charge on any atom is -0.394 e. The highest BCUT2D eigenvalue weighted by Crippen LogP contribution is 2.16. The summed E-state index contributed by atoms with van der Waals surface area (Å²) in [6.07, 6.45) is -0.619. The predicted octanol–water partition coefficient (Wildman–Crippen LogP) is -1.63. The molecule has 1 aliphatic rings. The molecule has 11 heavy (non-hydrogen) atoms. The van der Waals surface area contributed by atoms with Crippen LogP contribution in [0.1, 0.15) is 6.92 Å². The topological polar surface area (TPSA) is 69.7 Å². The number of aliphatic hydroxyl groups excluding tert-OH is 2. The lowest BCUT2D eigenvalue weighted by atomic mass is 9.93. The van der Waals surface area contributed by atoms with Crippen LogP contribution in [0.3, 0.4) is 0 Å². The number of rotatable bonds is 3. The van der Waals surface area contributed by atoms with E-state index in [2.05, 4.69) is 0 Å². The maximum Gasteiger partial charge on any atom is 0.0897 e. The molecule has 0 amide bonds. The first-order valence-electron chi connectivity index (χ1n) is 3.84. The highest BCUT2D eigenvalue weighted by Gasteiger charge is 2.35. The van der Waals surface area contributed by atoms with Crippen molar-refractivity contribution in [1.29, 1.82) is 0 Å². The molecule has 0 aromatic carbocycles. The summed E-state index contributed by atoms with van der Waals surface area (Å²) in [4.78, 5) is 2.03. The molecule has 0 spiro atoms. The van der Waals surface area contributed by atoms with Crippen molar-refractivity contribution in [1.82, 2.24) is 4.90 Å². The molecule has 1 fully saturated rings. The summed E-state index contributed by atoms with van der Waals surface area (Å²) >= 11 is 0. The lowest BCUT2D eigenvalue weighted by Crippen LogP contribution is -2.66. The van der Waals surface area contributed by atoms with Crippen LogP contribution in [0.5, 0.6) is 0 Å². The number of nitrogens with two attached hydrogens (primary N) is 1. The van der Waals surface area contributed by atoms with Crippen molar-refractivity contribution < 1.29 is 10.2 Å². The maximum atomic E-state index is 9.03. The van der Waals surface area contributed by atoms with E-state index in [1.807, 2.05) is 11.8 Å². The summed E-state index contributed by atoms with van der Waals surface area (Å²) in [6.45, 7) is 3.96. The number of nitrogens with zero attached hydrogens (tertiary/aromatic N) is 1. The Morgan fingerprint density at radius 2 is 2.18 bits per heavy atom. The Kier molecular flexibility index (Phi) is 2.49. The van der Waals surface area contributed by atoms with Crippen LogP contribution < -0.4 is 5.73 Å². The van der Waals surface area contributed by atoms with E-state index in [-0.39, 0.29) is 12.1 Å². The molecular formula is C7H16N2O2. The highest BCUT2D eigenvalue weighted by molar-refractivity contribution is 4.96. The van der Waals surface area contributed by atoms with Gasteiger partial charge in [-0.25, -0.2) is 0 Å². The fourth-order valence-electron chi connectivity index (χ4n) is 1.46. The van der Waals surface area contributed by atoms with Gasteiger partial charge in [-0.2, -0.15) is 0 Å². The van der Waals surface area contributed by atoms with Crippen LogP contribution in [0.2, 0.25) is 0 Å². The summed E-state index contributed by atoms with van der Waals surface area (Å²) in [7, 11) is 0. The monoisotopic (exact) mass is 160 g/mol. The molecule has 1 atom stereocenters. The second kappa shape index (κ2) is 3.06. The van der Waals surface area contributed by atoms with Crippen molar-refractivity contribution >= 4 is 0 Å². The quantitative estimate of drug-likeness (QED) is 0.464. The molecule has 1 heterocycles. The molecular weight excluding hydrogens is 144 g/mol. The Morgan fingerprint density at radius 3 is 2.55 bits per heavy atom. The van der Waals surface area contributed by atoms with Gasteiger partial charge >= 0.3 is 0 Å². The summed E-state index contributed by atoms with van der Waals surface area (Å²) in [5.74, 6) is 0. The van der Waals surface area contributed by atoms with Crippen LogP contribution in [0, 0.1) is 0 Å². The molecule has 66 valence electrons. The normalized spacial score (nSPS) is 26.2. The average Bonchev–Trinajstić information content (AvgIpc) is 1.83. The Bertz CT molecular complexity index is 130. The van der Waals surface area contributed by atoms with Crippen molar-refractivity contribution in [2.75, 3.05) is 26.2 Å². The standard InChI is InChI=1S/C7H16N2O2/c1-7(8)4-9(5-7)2-6(11)3-10/h6,10-11H,2-5,8H2,1H3. The second-order valence-corrected chi connectivity index (χ2v) is 3.66. The first kappa shape index (κ1) is 8.93. The van der Waals surface area contributed by atoms with Crippen LogP contribution >= 0.6 is 0 Å². The molecule has 1 saturated heterocycles. The maximum absolute atomic E-state index is 9.03. The first-order chi connectivity index (χ1) is 5.03. The third-order valence-corrected chi connectivity index (χ3v) is 1.85. The van der Waals surface area contributed by atoms with E-state index >= 15 is 0 Å². The molecule has 0 aromatic rings. The molecule has 0 radical (unpaired) electrons. The van der Waals surface area contributed by atoms with Crippen LogP contribution in [-0.2, 0) is 0 Å². The molecule has 0 saturated carbocycles. The minimum absolute atomic E-state index is 0.0881. The van der Waals surface area contributed by atoms with Crippen molar-refractivity contribution in [2.45, 2.75) is 18.6 Å². The minimum atomic E-state index is -0.619. The smallest absolute Gasteiger partial charge is 0.0897 e. The van der Waals surface area contributed by atoms with Crippen LogP contribution in [0.25, 0.3) is 0 Å². The van der Waals surface area contributed by atoms with Gasteiger partial charge in [0.1, 0.15) is 0 Å². The van der Waals surface area contributed by atoms with Gasteiger partial charge in [-0.1, -0.05) is 0 Å². The fraction of sp³-hybridized carbons (Fsp3) is 1.00. The third kappa shape index (κ3) is 2.41. The van der Waals surface area contributed by atoms with E-state index in [0.29, 0.717) is 6.54 Å². The Balaban J connectivity index is 2.13. The van der Waals surface area contributed by atoms with E-state index < -0.39 is 6.10 Å². The van der Waals surface area contributed by atoms with Crippen molar-refractivity contribution in [3.63, 3.8) is 0 Å². The molecule has 1 rings (SSSR count). The number of hydrogen-bond acceptors (Lipinski definition) is 4. The van der Waals surface area contributed by atoms with Gasteiger partial charge in [0.25, 0.3) is 0 Å². The summed E-state index contributed by atoms with van der Waals surface area (Å²) < 4.78 is 0. The fourth-order valence-corrected chi connectivity index (χ4v) is 1.46. The molecule has 4 heteroatoms. The number of hydrogen-bond donors (Lipinski definition) is 3. The summed E-state index contributed by atoms with van der Waals surface area (Å²) in [5, 5.41) is 17.6. The SMILES string of the molecule is CC1(N)CN(CC(O)CO)C1. The summed E-state index contributed by atoms with van der Waals surface area (Å²) in [5.41, 5.74) is 5.66. The van der Waals surface area contributed by atoms with Crippen LogP contribution in [0.4, 0.5) is 0 Å². The van der Waals surface area contributed by atoms with E-state index in [1.54, 1.807) is 0 Å². The van der Waals surface area contributed by atoms with Gasteiger partial charge in [-0.3, -0.25) is 4.90 Å². The molecule has 0 aromatic heterocycles. The zero-order chi connectivity index (χ0) is 8.48. The third-order valence-electron chi connectivity index (χ3n) is 1.85. The van der Waals surface area contributed by atoms with Gasteiger partial charge in [0.2, 0.25) is 0 Å². The Morgan fingerprint density at radius 1 is 1.64 bits per heavy atom. The van der Waals surface area contributed by atoms with Crippen LogP contribution in [0.15, 0.2) is 0 Å². The van der Waals surface area contributed by atoms with E-state index in [1.165, 1.54) is 0 Å². The summed E-state index contributed by atoms with van der Waals surface area (Å²) in [6, 6.07) is 0. The lowest BCUT2D eigenvalue weighted by molar-refractivity contribution is 0.00850. The highest BCUT2D eigenvalue weighted by atomic mass is 16.3. The molecule has 1 unspecified atom stereocenters. The van der Waals surface area contributed by atoms with Gasteiger partial charge < -0.3 is 15.9 Å². The molecule has 0 aliphatic carbocycles. The van der Waals surface area contributed by atoms with Crippen molar-refractivity contribution in [3.8, 4) is 0 Å². The van der Waals surface area contributed by atoms with Crippen LogP contribution in [-0.4, -0.2) is 53.0 Å². The number of likely N-dealkylation sites (tertiary alicyclic amines) is 1. The van der Waals surface area contributed by atoms with Crippen molar-refractivity contribution in [2.24, 2.45) is 5.73 Å². The second-order valence-electron chi connectivity index (χ2n) is 3.66. The average molecular weight is 160 g/mol. The van der Waals surface area contributed by atoms with E-state index in [4.69, 9.17) is 15.9 Å². The molecule has 4 N–H and O–H groups in total. The van der Waals surface area contributed by atoms with Gasteiger partial charge in [0.15, 0.2) is 0 Å². The van der Waals surface area contributed by atoms with Gasteiger partial charge in [-0.15, -0.1) is 0 Å². The predicted molar refractivity (Wildman–Crippen MR) is 42.1 cm³/mol. The number of aliphatic hydroxyl groups is 2. The number of β-amino-alcohol motifs (C(OH)–C–C–N with tert-alkyl or cyclic N) is 1. The van der Waals surface area contributed by atoms with Crippen molar-refractivity contribution in [3.05, 3.63) is 0 Å².